The maximum absolute atomic E-state index is 11.7. The van der Waals surface area contributed by atoms with Crippen LogP contribution in [-0.4, -0.2) is 12.6 Å². The number of carbonyl (C=O) groups excluding carboxylic acids is 1. The molecule has 0 heterocycles. The number of nitrogen functional groups attached to an aromatic ring is 1. The first-order valence-electron chi connectivity index (χ1n) is 7.06. The summed E-state index contributed by atoms with van der Waals surface area (Å²) in [5.74, 6) is -0.358. The highest BCUT2D eigenvalue weighted by Gasteiger charge is 2.09. The molecule has 0 saturated heterocycles. The van der Waals surface area contributed by atoms with Crippen molar-refractivity contribution in [1.29, 1.82) is 0 Å². The maximum atomic E-state index is 11.7. The average Bonchev–Trinajstić information content (AvgIpc) is 2.49. The SMILES string of the molecule is CCOC(=O)c1ccc(Nc2cccc(CC)c2)c(N)c1. The van der Waals surface area contributed by atoms with Crippen LogP contribution in [0.5, 0.6) is 0 Å². The number of esters is 1. The Balaban J connectivity index is 2.19. The lowest BCUT2D eigenvalue weighted by atomic mass is 10.1. The van der Waals surface area contributed by atoms with E-state index in [0.29, 0.717) is 17.9 Å². The van der Waals surface area contributed by atoms with Crippen LogP contribution in [-0.2, 0) is 11.2 Å². The fraction of sp³-hybridized carbons (Fsp3) is 0.235. The lowest BCUT2D eigenvalue weighted by Gasteiger charge is -2.11. The number of ether oxygens (including phenoxy) is 1. The Morgan fingerprint density at radius 3 is 2.67 bits per heavy atom. The fourth-order valence-electron chi connectivity index (χ4n) is 2.04. The summed E-state index contributed by atoms with van der Waals surface area (Å²) in [4.78, 5) is 11.7. The van der Waals surface area contributed by atoms with Crippen molar-refractivity contribution in [2.75, 3.05) is 17.7 Å². The van der Waals surface area contributed by atoms with E-state index in [1.807, 2.05) is 12.1 Å². The molecule has 0 bridgehead atoms. The van der Waals surface area contributed by atoms with Crippen molar-refractivity contribution < 1.29 is 9.53 Å². The molecule has 0 aliphatic heterocycles. The number of aryl methyl sites for hydroxylation is 1. The number of nitrogens with two attached hydrogens (primary N) is 1. The van der Waals surface area contributed by atoms with E-state index in [0.717, 1.165) is 17.8 Å². The van der Waals surface area contributed by atoms with E-state index in [9.17, 15) is 4.79 Å². The quantitative estimate of drug-likeness (QED) is 0.648. The first-order chi connectivity index (χ1) is 10.1. The number of rotatable bonds is 5. The fourth-order valence-corrected chi connectivity index (χ4v) is 2.04. The summed E-state index contributed by atoms with van der Waals surface area (Å²) in [6.45, 7) is 4.24. The molecule has 3 N–H and O–H groups in total. The minimum atomic E-state index is -0.358. The predicted octanol–water partition coefficient (Wildman–Crippen LogP) is 3.75. The highest BCUT2D eigenvalue weighted by Crippen LogP contribution is 2.25. The normalized spacial score (nSPS) is 10.2. The van der Waals surface area contributed by atoms with E-state index in [1.54, 1.807) is 25.1 Å². The number of anilines is 3. The lowest BCUT2D eigenvalue weighted by Crippen LogP contribution is -2.06. The van der Waals surface area contributed by atoms with Gasteiger partial charge < -0.3 is 15.8 Å². The van der Waals surface area contributed by atoms with Crippen LogP contribution in [0.2, 0.25) is 0 Å². The first kappa shape index (κ1) is 14.9. The summed E-state index contributed by atoms with van der Waals surface area (Å²) in [6.07, 6.45) is 0.979. The van der Waals surface area contributed by atoms with Gasteiger partial charge in [0.2, 0.25) is 0 Å². The number of hydrogen-bond donors (Lipinski definition) is 2. The highest BCUT2D eigenvalue weighted by atomic mass is 16.5. The molecule has 0 radical (unpaired) electrons. The second-order valence-electron chi connectivity index (χ2n) is 4.70. The molecule has 4 nitrogen and oxygen atoms in total. The molecule has 0 atom stereocenters. The van der Waals surface area contributed by atoms with Gasteiger partial charge in [-0.3, -0.25) is 0 Å². The Kier molecular flexibility index (Phi) is 4.82. The molecule has 0 amide bonds. The van der Waals surface area contributed by atoms with E-state index >= 15 is 0 Å². The smallest absolute Gasteiger partial charge is 0.338 e. The molecular weight excluding hydrogens is 264 g/mol. The molecule has 0 aliphatic carbocycles. The molecule has 0 aliphatic rings. The molecular formula is C17H20N2O2. The zero-order valence-corrected chi connectivity index (χ0v) is 12.3. The van der Waals surface area contributed by atoms with Gasteiger partial charge in [-0.25, -0.2) is 4.79 Å². The van der Waals surface area contributed by atoms with Gasteiger partial charge in [-0.2, -0.15) is 0 Å². The van der Waals surface area contributed by atoms with Crippen molar-refractivity contribution in [3.8, 4) is 0 Å². The van der Waals surface area contributed by atoms with Gasteiger partial charge in [-0.15, -0.1) is 0 Å². The van der Waals surface area contributed by atoms with Crippen molar-refractivity contribution in [3.05, 3.63) is 53.6 Å². The molecule has 4 heteroatoms. The Hall–Kier alpha value is -2.49. The maximum Gasteiger partial charge on any atom is 0.338 e. The van der Waals surface area contributed by atoms with Crippen molar-refractivity contribution in [2.24, 2.45) is 0 Å². The molecule has 2 rings (SSSR count). The van der Waals surface area contributed by atoms with Gasteiger partial charge in [0.15, 0.2) is 0 Å². The van der Waals surface area contributed by atoms with E-state index in [-0.39, 0.29) is 5.97 Å². The highest BCUT2D eigenvalue weighted by molar-refractivity contribution is 5.92. The van der Waals surface area contributed by atoms with Crippen LogP contribution in [0, 0.1) is 0 Å². The molecule has 0 unspecified atom stereocenters. The largest absolute Gasteiger partial charge is 0.462 e. The standard InChI is InChI=1S/C17H20N2O2/c1-3-12-6-5-7-14(10-12)19-16-9-8-13(11-15(16)18)17(20)21-4-2/h5-11,19H,3-4,18H2,1-2H3. The Bertz CT molecular complexity index is 638. The van der Waals surface area contributed by atoms with E-state index in [4.69, 9.17) is 10.5 Å². The molecule has 110 valence electrons. The van der Waals surface area contributed by atoms with Crippen LogP contribution < -0.4 is 11.1 Å². The predicted molar refractivity (Wildman–Crippen MR) is 85.9 cm³/mol. The van der Waals surface area contributed by atoms with Gasteiger partial charge in [0, 0.05) is 5.69 Å². The number of benzene rings is 2. The molecule has 0 spiro atoms. The van der Waals surface area contributed by atoms with Crippen LogP contribution in [0.25, 0.3) is 0 Å². The minimum absolute atomic E-state index is 0.350. The summed E-state index contributed by atoms with van der Waals surface area (Å²) < 4.78 is 4.96. The molecule has 2 aromatic carbocycles. The third kappa shape index (κ3) is 3.75. The Morgan fingerprint density at radius 2 is 2.00 bits per heavy atom. The first-order valence-corrected chi connectivity index (χ1v) is 7.06. The Morgan fingerprint density at radius 1 is 1.19 bits per heavy atom. The second-order valence-corrected chi connectivity index (χ2v) is 4.70. The number of hydrogen-bond acceptors (Lipinski definition) is 4. The zero-order chi connectivity index (χ0) is 15.2. The monoisotopic (exact) mass is 284 g/mol. The zero-order valence-electron chi connectivity index (χ0n) is 12.3. The molecule has 0 fully saturated rings. The van der Waals surface area contributed by atoms with Crippen molar-refractivity contribution >= 4 is 23.0 Å². The topological polar surface area (TPSA) is 64.3 Å². The van der Waals surface area contributed by atoms with Gasteiger partial charge in [0.05, 0.1) is 23.5 Å². The van der Waals surface area contributed by atoms with E-state index in [1.165, 1.54) is 5.56 Å². The number of nitrogens with one attached hydrogen (secondary N) is 1. The van der Waals surface area contributed by atoms with Crippen LogP contribution >= 0.6 is 0 Å². The summed E-state index contributed by atoms with van der Waals surface area (Å²) in [6, 6.07) is 13.3. The van der Waals surface area contributed by atoms with Gasteiger partial charge in [0.1, 0.15) is 0 Å². The van der Waals surface area contributed by atoms with Gasteiger partial charge in [-0.05, 0) is 49.2 Å². The second kappa shape index (κ2) is 6.79. The van der Waals surface area contributed by atoms with E-state index < -0.39 is 0 Å². The molecule has 0 aromatic heterocycles. The van der Waals surface area contributed by atoms with Crippen molar-refractivity contribution in [3.63, 3.8) is 0 Å². The summed E-state index contributed by atoms with van der Waals surface area (Å²) in [5, 5.41) is 3.27. The van der Waals surface area contributed by atoms with Gasteiger partial charge in [0.25, 0.3) is 0 Å². The van der Waals surface area contributed by atoms with Crippen molar-refractivity contribution in [1.82, 2.24) is 0 Å². The van der Waals surface area contributed by atoms with Crippen LogP contribution in [0.1, 0.15) is 29.8 Å². The lowest BCUT2D eigenvalue weighted by molar-refractivity contribution is 0.0526. The molecule has 21 heavy (non-hydrogen) atoms. The Labute approximate surface area is 124 Å². The van der Waals surface area contributed by atoms with Crippen LogP contribution in [0.3, 0.4) is 0 Å². The third-order valence-electron chi connectivity index (χ3n) is 3.18. The summed E-state index contributed by atoms with van der Waals surface area (Å²) in [5.41, 5.74) is 9.98. The third-order valence-corrected chi connectivity index (χ3v) is 3.18. The van der Waals surface area contributed by atoms with Crippen molar-refractivity contribution in [2.45, 2.75) is 20.3 Å². The van der Waals surface area contributed by atoms with Crippen LogP contribution in [0.15, 0.2) is 42.5 Å². The summed E-state index contributed by atoms with van der Waals surface area (Å²) in [7, 11) is 0. The number of carbonyl (C=O) groups is 1. The van der Waals surface area contributed by atoms with Crippen LogP contribution in [0.4, 0.5) is 17.1 Å². The minimum Gasteiger partial charge on any atom is -0.462 e. The average molecular weight is 284 g/mol. The molecule has 0 saturated carbocycles. The van der Waals surface area contributed by atoms with Gasteiger partial charge in [-0.1, -0.05) is 19.1 Å². The van der Waals surface area contributed by atoms with Gasteiger partial charge >= 0.3 is 5.97 Å². The van der Waals surface area contributed by atoms with E-state index in [2.05, 4.69) is 24.4 Å². The summed E-state index contributed by atoms with van der Waals surface area (Å²) >= 11 is 0. The molecule has 2 aromatic rings.